The van der Waals surface area contributed by atoms with Gasteiger partial charge in [-0.1, -0.05) is 19.1 Å². The minimum atomic E-state index is -0.441. The van der Waals surface area contributed by atoms with Crippen LogP contribution in [0.15, 0.2) is 29.6 Å². The number of hydrogen-bond acceptors (Lipinski definition) is 4. The summed E-state index contributed by atoms with van der Waals surface area (Å²) in [5.74, 6) is -0.657. The van der Waals surface area contributed by atoms with Crippen molar-refractivity contribution in [1.82, 2.24) is 4.98 Å². The summed E-state index contributed by atoms with van der Waals surface area (Å²) in [6.45, 7) is 2.06. The van der Waals surface area contributed by atoms with E-state index in [1.165, 1.54) is 16.9 Å². The summed E-state index contributed by atoms with van der Waals surface area (Å²) in [6.07, 6.45) is 1.02. The van der Waals surface area contributed by atoms with Crippen molar-refractivity contribution in [2.45, 2.75) is 19.8 Å². The topological polar surface area (TPSA) is 85.1 Å². The van der Waals surface area contributed by atoms with E-state index in [0.717, 1.165) is 6.42 Å². The van der Waals surface area contributed by atoms with E-state index in [4.69, 9.17) is 5.73 Å². The molecule has 0 aliphatic carbocycles. The summed E-state index contributed by atoms with van der Waals surface area (Å²) in [7, 11) is 0. The number of anilines is 1. The fraction of sp³-hybridized carbons (Fsp3) is 0.214. The number of thiazole rings is 1. The summed E-state index contributed by atoms with van der Waals surface area (Å²) in [6, 6.07) is 7.42. The molecule has 0 saturated carbocycles. The number of primary amides is 1. The van der Waals surface area contributed by atoms with Crippen LogP contribution in [0.2, 0.25) is 0 Å². The molecular formula is C14H15N3O2S. The number of carbonyl (C=O) groups excluding carboxylic acids is 2. The van der Waals surface area contributed by atoms with E-state index in [9.17, 15) is 9.59 Å². The molecule has 2 aromatic rings. The molecule has 0 saturated heterocycles. The van der Waals surface area contributed by atoms with Crippen LogP contribution in [-0.2, 0) is 17.6 Å². The zero-order chi connectivity index (χ0) is 14.5. The molecule has 0 bridgehead atoms. The van der Waals surface area contributed by atoms with Crippen LogP contribution in [0.3, 0.4) is 0 Å². The van der Waals surface area contributed by atoms with Gasteiger partial charge in [-0.15, -0.1) is 11.3 Å². The number of hydrogen-bond donors (Lipinski definition) is 2. The second-order valence-corrected chi connectivity index (χ2v) is 5.15. The lowest BCUT2D eigenvalue weighted by molar-refractivity contribution is -0.117. The van der Waals surface area contributed by atoms with Gasteiger partial charge in [0.1, 0.15) is 0 Å². The van der Waals surface area contributed by atoms with Gasteiger partial charge in [0, 0.05) is 10.9 Å². The number of aryl methyl sites for hydroxylation is 1. The highest BCUT2D eigenvalue weighted by Gasteiger charge is 2.10. The third-order valence-electron chi connectivity index (χ3n) is 2.75. The van der Waals surface area contributed by atoms with E-state index in [-0.39, 0.29) is 12.3 Å². The van der Waals surface area contributed by atoms with Crippen molar-refractivity contribution in [2.75, 3.05) is 5.32 Å². The molecule has 0 fully saturated rings. The van der Waals surface area contributed by atoms with Crippen LogP contribution in [0, 0.1) is 0 Å². The zero-order valence-corrected chi connectivity index (χ0v) is 11.9. The SMILES string of the molecule is CCc1ccc(C(=O)Nc2nc(CC(N)=O)cs2)cc1. The lowest BCUT2D eigenvalue weighted by Crippen LogP contribution is -2.14. The predicted molar refractivity (Wildman–Crippen MR) is 78.8 cm³/mol. The normalized spacial score (nSPS) is 10.2. The Hall–Kier alpha value is -2.21. The molecule has 2 amide bonds. The molecule has 0 aliphatic rings. The Kier molecular flexibility index (Phi) is 4.47. The van der Waals surface area contributed by atoms with Gasteiger partial charge in [-0.05, 0) is 24.1 Å². The number of nitrogens with one attached hydrogen (secondary N) is 1. The second kappa shape index (κ2) is 6.29. The lowest BCUT2D eigenvalue weighted by Gasteiger charge is -2.02. The highest BCUT2D eigenvalue weighted by atomic mass is 32.1. The zero-order valence-electron chi connectivity index (χ0n) is 11.1. The minimum Gasteiger partial charge on any atom is -0.369 e. The molecule has 6 heteroatoms. The standard InChI is InChI=1S/C14H15N3O2S/c1-2-9-3-5-10(6-4-9)13(19)17-14-16-11(8-20-14)7-12(15)18/h3-6,8H,2,7H2,1H3,(H2,15,18)(H,16,17,19). The number of carbonyl (C=O) groups is 2. The van der Waals surface area contributed by atoms with E-state index in [2.05, 4.69) is 17.2 Å². The van der Waals surface area contributed by atoms with Crippen molar-refractivity contribution in [2.24, 2.45) is 5.73 Å². The first-order valence-electron chi connectivity index (χ1n) is 6.21. The van der Waals surface area contributed by atoms with Crippen molar-refractivity contribution in [3.63, 3.8) is 0 Å². The van der Waals surface area contributed by atoms with Gasteiger partial charge < -0.3 is 5.73 Å². The number of nitrogens with two attached hydrogens (primary N) is 1. The quantitative estimate of drug-likeness (QED) is 0.882. The molecule has 1 aromatic carbocycles. The lowest BCUT2D eigenvalue weighted by atomic mass is 10.1. The van der Waals surface area contributed by atoms with Crippen LogP contribution >= 0.6 is 11.3 Å². The molecule has 5 nitrogen and oxygen atoms in total. The van der Waals surface area contributed by atoms with Gasteiger partial charge in [0.25, 0.3) is 5.91 Å². The van der Waals surface area contributed by atoms with Crippen molar-refractivity contribution in [1.29, 1.82) is 0 Å². The van der Waals surface area contributed by atoms with Gasteiger partial charge in [0.05, 0.1) is 12.1 Å². The Morgan fingerprint density at radius 1 is 1.30 bits per heavy atom. The molecule has 0 unspecified atom stereocenters. The molecule has 2 rings (SSSR count). The Morgan fingerprint density at radius 3 is 2.60 bits per heavy atom. The summed E-state index contributed by atoms with van der Waals surface area (Å²) in [4.78, 5) is 26.9. The molecule has 0 spiro atoms. The van der Waals surface area contributed by atoms with Crippen LogP contribution < -0.4 is 11.1 Å². The van der Waals surface area contributed by atoms with Gasteiger partial charge in [-0.2, -0.15) is 0 Å². The number of benzene rings is 1. The smallest absolute Gasteiger partial charge is 0.257 e. The maximum absolute atomic E-state index is 12.0. The summed E-state index contributed by atoms with van der Waals surface area (Å²) in [5.41, 5.74) is 7.42. The second-order valence-electron chi connectivity index (χ2n) is 4.29. The van der Waals surface area contributed by atoms with Gasteiger partial charge in [0.15, 0.2) is 5.13 Å². The monoisotopic (exact) mass is 289 g/mol. The molecule has 0 radical (unpaired) electrons. The number of aromatic nitrogens is 1. The Labute approximate surface area is 120 Å². The first-order valence-corrected chi connectivity index (χ1v) is 7.09. The predicted octanol–water partition coefficient (Wildman–Crippen LogP) is 1.99. The molecular weight excluding hydrogens is 274 g/mol. The largest absolute Gasteiger partial charge is 0.369 e. The molecule has 20 heavy (non-hydrogen) atoms. The average molecular weight is 289 g/mol. The van der Waals surface area contributed by atoms with E-state index in [1.54, 1.807) is 17.5 Å². The fourth-order valence-corrected chi connectivity index (χ4v) is 2.39. The number of rotatable bonds is 5. The van der Waals surface area contributed by atoms with Gasteiger partial charge in [0.2, 0.25) is 5.91 Å². The molecule has 3 N–H and O–H groups in total. The van der Waals surface area contributed by atoms with Gasteiger partial charge in [-0.25, -0.2) is 4.98 Å². The average Bonchev–Trinajstić information content (AvgIpc) is 2.85. The molecule has 1 aromatic heterocycles. The van der Waals surface area contributed by atoms with Gasteiger partial charge in [-0.3, -0.25) is 14.9 Å². The van der Waals surface area contributed by atoms with Crippen molar-refractivity contribution in [3.8, 4) is 0 Å². The van der Waals surface area contributed by atoms with E-state index < -0.39 is 5.91 Å². The summed E-state index contributed by atoms with van der Waals surface area (Å²) < 4.78 is 0. The minimum absolute atomic E-state index is 0.0809. The van der Waals surface area contributed by atoms with Gasteiger partial charge >= 0.3 is 0 Å². The van der Waals surface area contributed by atoms with E-state index in [0.29, 0.717) is 16.4 Å². The third-order valence-corrected chi connectivity index (χ3v) is 3.56. The third kappa shape index (κ3) is 3.64. The Balaban J connectivity index is 2.03. The molecule has 1 heterocycles. The van der Waals surface area contributed by atoms with Crippen LogP contribution in [0.1, 0.15) is 28.5 Å². The van der Waals surface area contributed by atoms with E-state index in [1.807, 2.05) is 12.1 Å². The van der Waals surface area contributed by atoms with Crippen LogP contribution in [0.25, 0.3) is 0 Å². The fourth-order valence-electron chi connectivity index (χ4n) is 1.69. The van der Waals surface area contributed by atoms with E-state index >= 15 is 0 Å². The summed E-state index contributed by atoms with van der Waals surface area (Å²) >= 11 is 1.27. The first-order chi connectivity index (χ1) is 9.58. The number of nitrogens with zero attached hydrogens (tertiary/aromatic N) is 1. The van der Waals surface area contributed by atoms with Crippen LogP contribution in [0.5, 0.6) is 0 Å². The van der Waals surface area contributed by atoms with Crippen LogP contribution in [0.4, 0.5) is 5.13 Å². The summed E-state index contributed by atoms with van der Waals surface area (Å²) in [5, 5.41) is 4.88. The Morgan fingerprint density at radius 2 is 2.00 bits per heavy atom. The van der Waals surface area contributed by atoms with Crippen molar-refractivity contribution < 1.29 is 9.59 Å². The van der Waals surface area contributed by atoms with Crippen molar-refractivity contribution in [3.05, 3.63) is 46.5 Å². The Bertz CT molecular complexity index is 620. The number of amides is 2. The molecule has 104 valence electrons. The highest BCUT2D eigenvalue weighted by Crippen LogP contribution is 2.17. The molecule has 0 atom stereocenters. The van der Waals surface area contributed by atoms with Crippen LogP contribution in [-0.4, -0.2) is 16.8 Å². The highest BCUT2D eigenvalue weighted by molar-refractivity contribution is 7.14. The maximum atomic E-state index is 12.0. The van der Waals surface area contributed by atoms with Crippen molar-refractivity contribution >= 4 is 28.3 Å². The first kappa shape index (κ1) is 14.2. The maximum Gasteiger partial charge on any atom is 0.257 e. The molecule has 0 aliphatic heterocycles.